The van der Waals surface area contributed by atoms with Crippen molar-refractivity contribution in [2.24, 2.45) is 0 Å². The highest BCUT2D eigenvalue weighted by atomic mass is 14.7. The van der Waals surface area contributed by atoms with Crippen molar-refractivity contribution in [3.8, 4) is 11.3 Å². The van der Waals surface area contributed by atoms with E-state index in [1.807, 2.05) is 6.07 Å². The molecule has 3 rings (SSSR count). The van der Waals surface area contributed by atoms with E-state index in [2.05, 4.69) is 55.4 Å². The Morgan fingerprint density at radius 1 is 0.895 bits per heavy atom. The fraction of sp³-hybridized carbons (Fsp3) is 0.353. The molecular weight excluding hydrogens is 229 g/mol. The number of hydrogen-bond acceptors (Lipinski definition) is 1. The molecule has 0 aliphatic heterocycles. The summed E-state index contributed by atoms with van der Waals surface area (Å²) in [4.78, 5) is 4.67. The smallest absolute Gasteiger partial charge is 0.115 e. The predicted molar refractivity (Wildman–Crippen MR) is 83.0 cm³/mol. The summed E-state index contributed by atoms with van der Waals surface area (Å²) in [7, 11) is 2.39. The van der Waals surface area contributed by atoms with Gasteiger partial charge in [0.05, 0.1) is 5.69 Å². The van der Waals surface area contributed by atoms with Gasteiger partial charge in [-0.25, -0.2) is 0 Å². The van der Waals surface area contributed by atoms with Crippen molar-refractivity contribution in [3.05, 3.63) is 54.2 Å². The normalized spacial score (nSPS) is 18.1. The second-order valence-corrected chi connectivity index (χ2v) is 5.92. The summed E-state index contributed by atoms with van der Waals surface area (Å²) >= 11 is 0. The molecule has 2 aromatic rings. The summed E-state index contributed by atoms with van der Waals surface area (Å²) in [6, 6.07) is 14.8. The first-order valence-corrected chi connectivity index (χ1v) is 7.30. The fourth-order valence-corrected chi connectivity index (χ4v) is 3.15. The lowest BCUT2D eigenvalue weighted by Gasteiger charge is -2.34. The van der Waals surface area contributed by atoms with Crippen LogP contribution in [0.3, 0.4) is 0 Å². The van der Waals surface area contributed by atoms with Crippen LogP contribution in [-0.4, -0.2) is 12.8 Å². The quantitative estimate of drug-likeness (QED) is 0.742. The van der Waals surface area contributed by atoms with Crippen LogP contribution in [-0.2, 0) is 5.31 Å². The van der Waals surface area contributed by atoms with Gasteiger partial charge in [-0.15, -0.1) is 0 Å². The van der Waals surface area contributed by atoms with Crippen molar-refractivity contribution in [3.63, 3.8) is 0 Å². The molecule has 1 aliphatic rings. The molecule has 1 aliphatic carbocycles. The van der Waals surface area contributed by atoms with Gasteiger partial charge in [0.25, 0.3) is 0 Å². The summed E-state index contributed by atoms with van der Waals surface area (Å²) in [5.74, 6) is 0. The molecule has 19 heavy (non-hydrogen) atoms. The number of rotatable bonds is 2. The van der Waals surface area contributed by atoms with Crippen molar-refractivity contribution in [1.29, 1.82) is 0 Å². The average molecular weight is 249 g/mol. The molecule has 1 aromatic carbocycles. The summed E-state index contributed by atoms with van der Waals surface area (Å²) < 4.78 is 0. The molecule has 0 radical (unpaired) electrons. The molecule has 1 heterocycles. The fourth-order valence-electron chi connectivity index (χ4n) is 3.15. The van der Waals surface area contributed by atoms with Crippen molar-refractivity contribution < 1.29 is 0 Å². The zero-order valence-corrected chi connectivity index (χ0v) is 11.6. The molecule has 0 unspecified atom stereocenters. The minimum Gasteiger partial charge on any atom is -0.256 e. The lowest BCUT2D eigenvalue weighted by atomic mass is 9.57. The zero-order chi connectivity index (χ0) is 13.1. The second kappa shape index (κ2) is 5.20. The molecule has 0 saturated heterocycles. The Hall–Kier alpha value is -1.57. The van der Waals surface area contributed by atoms with E-state index >= 15 is 0 Å². The Balaban J connectivity index is 1.87. The first-order chi connectivity index (χ1) is 9.28. The zero-order valence-electron chi connectivity index (χ0n) is 11.6. The number of aromatic nitrogens is 1. The molecule has 1 nitrogen and oxygen atoms in total. The van der Waals surface area contributed by atoms with Gasteiger partial charge in [0.15, 0.2) is 0 Å². The van der Waals surface area contributed by atoms with Crippen molar-refractivity contribution in [2.45, 2.75) is 37.4 Å². The van der Waals surface area contributed by atoms with Crippen LogP contribution >= 0.6 is 0 Å². The Morgan fingerprint density at radius 3 is 2.26 bits per heavy atom. The molecule has 0 amide bonds. The van der Waals surface area contributed by atoms with Crippen molar-refractivity contribution in [1.82, 2.24) is 4.98 Å². The third-order valence-corrected chi connectivity index (χ3v) is 4.49. The van der Waals surface area contributed by atoms with Gasteiger partial charge in [-0.3, -0.25) is 4.98 Å². The Labute approximate surface area is 116 Å². The summed E-state index contributed by atoms with van der Waals surface area (Å²) in [6.45, 7) is 0. The molecule has 0 bridgehead atoms. The van der Waals surface area contributed by atoms with Crippen LogP contribution < -0.4 is 0 Å². The molecule has 1 fully saturated rings. The van der Waals surface area contributed by atoms with Crippen LogP contribution in [0, 0.1) is 0 Å². The highest BCUT2D eigenvalue weighted by Crippen LogP contribution is 2.36. The largest absolute Gasteiger partial charge is 0.256 e. The van der Waals surface area contributed by atoms with E-state index in [1.54, 1.807) is 0 Å². The third-order valence-electron chi connectivity index (χ3n) is 4.49. The first-order valence-electron chi connectivity index (χ1n) is 7.30. The van der Waals surface area contributed by atoms with Gasteiger partial charge in [-0.2, -0.15) is 0 Å². The summed E-state index contributed by atoms with van der Waals surface area (Å²) in [5.41, 5.74) is 3.68. The maximum Gasteiger partial charge on any atom is 0.115 e. The van der Waals surface area contributed by atoms with Gasteiger partial charge in [0, 0.05) is 11.8 Å². The van der Waals surface area contributed by atoms with Crippen LogP contribution in [0.25, 0.3) is 11.3 Å². The summed E-state index contributed by atoms with van der Waals surface area (Å²) in [5, 5.41) is 0.348. The Bertz CT molecular complexity index is 527. The average Bonchev–Trinajstić information content (AvgIpc) is 2.49. The second-order valence-electron chi connectivity index (χ2n) is 5.92. The van der Waals surface area contributed by atoms with Gasteiger partial charge in [0.1, 0.15) is 7.85 Å². The number of hydrogen-bond donors (Lipinski definition) is 0. The van der Waals surface area contributed by atoms with Crippen LogP contribution in [0.15, 0.2) is 48.7 Å². The van der Waals surface area contributed by atoms with Crippen molar-refractivity contribution >= 4 is 7.85 Å². The van der Waals surface area contributed by atoms with Gasteiger partial charge < -0.3 is 0 Å². The highest BCUT2D eigenvalue weighted by molar-refractivity contribution is 6.16. The Kier molecular flexibility index (Phi) is 3.41. The van der Waals surface area contributed by atoms with Crippen LogP contribution in [0.1, 0.15) is 37.7 Å². The molecule has 1 aromatic heterocycles. The van der Waals surface area contributed by atoms with E-state index in [9.17, 15) is 0 Å². The minimum atomic E-state index is 0.348. The van der Waals surface area contributed by atoms with Gasteiger partial charge >= 0.3 is 0 Å². The van der Waals surface area contributed by atoms with Gasteiger partial charge in [-0.05, 0) is 16.9 Å². The van der Waals surface area contributed by atoms with Crippen molar-refractivity contribution in [2.75, 3.05) is 0 Å². The third kappa shape index (κ3) is 2.58. The molecule has 0 atom stereocenters. The first kappa shape index (κ1) is 12.5. The van der Waals surface area contributed by atoms with Crippen LogP contribution in [0.5, 0.6) is 0 Å². The van der Waals surface area contributed by atoms with Crippen LogP contribution in [0.4, 0.5) is 0 Å². The highest BCUT2D eigenvalue weighted by Gasteiger charge is 2.28. The molecular formula is C17H20BN. The van der Waals surface area contributed by atoms with Gasteiger partial charge in [0.2, 0.25) is 0 Å². The number of benzene rings is 1. The number of nitrogens with zero attached hydrogens (tertiary/aromatic N) is 1. The van der Waals surface area contributed by atoms with E-state index in [-0.39, 0.29) is 0 Å². The van der Waals surface area contributed by atoms with Crippen LogP contribution in [0.2, 0.25) is 0 Å². The topological polar surface area (TPSA) is 12.9 Å². The standard InChI is InChI=1S/C17H20BN/c18-17(11-5-2-6-12-17)15-9-10-16(19-13-15)14-7-3-1-4-8-14/h1,3-4,7-10,13H,2,5-6,11-12,18H2. The van der Waals surface area contributed by atoms with Gasteiger partial charge in [-0.1, -0.05) is 68.5 Å². The molecule has 0 N–H and O–H groups in total. The molecule has 2 heteroatoms. The van der Waals surface area contributed by atoms with E-state index in [1.165, 1.54) is 43.2 Å². The predicted octanol–water partition coefficient (Wildman–Crippen LogP) is 3.54. The lowest BCUT2D eigenvalue weighted by molar-refractivity contribution is 0.397. The maximum atomic E-state index is 4.67. The molecule has 96 valence electrons. The summed E-state index contributed by atoms with van der Waals surface area (Å²) in [6.07, 6.45) is 8.81. The SMILES string of the molecule is BC1(c2ccc(-c3ccccc3)nc2)CCCCC1. The Morgan fingerprint density at radius 2 is 1.63 bits per heavy atom. The van der Waals surface area contributed by atoms with E-state index in [0.29, 0.717) is 5.31 Å². The monoisotopic (exact) mass is 249 g/mol. The number of pyridine rings is 1. The van der Waals surface area contributed by atoms with E-state index < -0.39 is 0 Å². The molecule has 0 spiro atoms. The minimum absolute atomic E-state index is 0.348. The van der Waals surface area contributed by atoms with E-state index in [4.69, 9.17) is 0 Å². The lowest BCUT2D eigenvalue weighted by Crippen LogP contribution is -2.29. The maximum absolute atomic E-state index is 4.67. The molecule has 1 saturated carbocycles. The van der Waals surface area contributed by atoms with E-state index in [0.717, 1.165) is 5.69 Å².